The first-order chi connectivity index (χ1) is 7.29. The van der Waals surface area contributed by atoms with Gasteiger partial charge in [-0.15, -0.1) is 0 Å². The molecule has 0 aliphatic carbocycles. The van der Waals surface area contributed by atoms with Crippen LogP contribution in [0.1, 0.15) is 11.3 Å². The van der Waals surface area contributed by atoms with E-state index in [4.69, 9.17) is 5.26 Å². The van der Waals surface area contributed by atoms with Crippen LogP contribution in [0.5, 0.6) is 0 Å². The van der Waals surface area contributed by atoms with Crippen molar-refractivity contribution in [1.82, 2.24) is 4.57 Å². The molecule has 0 bridgehead atoms. The van der Waals surface area contributed by atoms with Crippen molar-refractivity contribution >= 4 is 22.6 Å². The van der Waals surface area contributed by atoms with E-state index in [1.54, 1.807) is 0 Å². The van der Waals surface area contributed by atoms with Crippen LogP contribution in [0.15, 0.2) is 42.6 Å². The third-order valence-corrected chi connectivity index (χ3v) is 2.93. The molecule has 1 aromatic carbocycles. The molecule has 0 saturated heterocycles. The Balaban J connectivity index is 2.23. The summed E-state index contributed by atoms with van der Waals surface area (Å²) in [7, 11) is 0. The maximum atomic E-state index is 8.86. The van der Waals surface area contributed by atoms with E-state index in [1.807, 2.05) is 22.9 Å². The van der Waals surface area contributed by atoms with Crippen LogP contribution in [0, 0.1) is 14.9 Å². The molecule has 0 N–H and O–H groups in total. The lowest BCUT2D eigenvalue weighted by atomic mass is 10.2. The van der Waals surface area contributed by atoms with Gasteiger partial charge in [-0.3, -0.25) is 0 Å². The highest BCUT2D eigenvalue weighted by Crippen LogP contribution is 2.10. The van der Waals surface area contributed by atoms with Crippen molar-refractivity contribution < 1.29 is 0 Å². The first kappa shape index (κ1) is 10.2. The number of halogens is 1. The molecule has 2 aromatic rings. The molecule has 2 nitrogen and oxygen atoms in total. The van der Waals surface area contributed by atoms with Gasteiger partial charge in [-0.05, 0) is 52.4 Å². The minimum absolute atomic E-state index is 0.702. The molecule has 0 spiro atoms. The van der Waals surface area contributed by atoms with Crippen LogP contribution in [0.25, 0.3) is 0 Å². The number of nitrogens with zero attached hydrogens (tertiary/aromatic N) is 2. The largest absolute Gasteiger partial charge is 0.335 e. The summed E-state index contributed by atoms with van der Waals surface area (Å²) in [6, 6.07) is 14.2. The van der Waals surface area contributed by atoms with Crippen LogP contribution in [0.4, 0.5) is 0 Å². The van der Waals surface area contributed by atoms with Crippen molar-refractivity contribution in [2.45, 2.75) is 6.54 Å². The molecule has 0 aliphatic heterocycles. The molecular formula is C12H9IN2. The van der Waals surface area contributed by atoms with Gasteiger partial charge in [0.05, 0.1) is 0 Å². The Labute approximate surface area is 102 Å². The van der Waals surface area contributed by atoms with Gasteiger partial charge in [0.25, 0.3) is 0 Å². The van der Waals surface area contributed by atoms with Gasteiger partial charge in [0.2, 0.25) is 0 Å². The molecule has 0 radical (unpaired) electrons. The zero-order valence-electron chi connectivity index (χ0n) is 8.02. The summed E-state index contributed by atoms with van der Waals surface area (Å²) in [6.07, 6.45) is 1.93. The normalized spacial score (nSPS) is 9.87. The summed E-state index contributed by atoms with van der Waals surface area (Å²) in [5.41, 5.74) is 1.91. The van der Waals surface area contributed by atoms with Crippen molar-refractivity contribution in [3.8, 4) is 6.07 Å². The fraction of sp³-hybridized carbons (Fsp3) is 0.0833. The van der Waals surface area contributed by atoms with Gasteiger partial charge >= 0.3 is 0 Å². The van der Waals surface area contributed by atoms with E-state index in [0.717, 1.165) is 6.54 Å². The lowest BCUT2D eigenvalue weighted by Gasteiger charge is -2.04. The van der Waals surface area contributed by atoms with E-state index in [0.29, 0.717) is 5.69 Å². The summed E-state index contributed by atoms with van der Waals surface area (Å²) >= 11 is 2.28. The van der Waals surface area contributed by atoms with E-state index in [2.05, 4.69) is 52.9 Å². The quantitative estimate of drug-likeness (QED) is 0.784. The van der Waals surface area contributed by atoms with Crippen LogP contribution in [-0.2, 0) is 6.54 Å². The Bertz CT molecular complexity index is 491. The molecule has 1 aromatic heterocycles. The number of aromatic nitrogens is 1. The number of hydrogen-bond acceptors (Lipinski definition) is 1. The van der Waals surface area contributed by atoms with Crippen LogP contribution in [-0.4, -0.2) is 4.57 Å². The van der Waals surface area contributed by atoms with Crippen molar-refractivity contribution in [3.05, 3.63) is 57.4 Å². The van der Waals surface area contributed by atoms with Crippen LogP contribution in [0.2, 0.25) is 0 Å². The zero-order valence-corrected chi connectivity index (χ0v) is 10.2. The van der Waals surface area contributed by atoms with Gasteiger partial charge in [-0.1, -0.05) is 12.1 Å². The zero-order chi connectivity index (χ0) is 10.7. The topological polar surface area (TPSA) is 28.7 Å². The minimum Gasteiger partial charge on any atom is -0.335 e. The summed E-state index contributed by atoms with van der Waals surface area (Å²) in [5.74, 6) is 0. The van der Waals surface area contributed by atoms with Crippen LogP contribution >= 0.6 is 22.6 Å². The standard InChI is InChI=1S/C12H9IN2/c13-11-5-3-10(4-6-11)9-15-7-1-2-12(15)8-14/h1-7H,9H2. The van der Waals surface area contributed by atoms with Crippen molar-refractivity contribution in [2.24, 2.45) is 0 Å². The first-order valence-electron chi connectivity index (χ1n) is 4.59. The molecule has 0 amide bonds. The van der Waals surface area contributed by atoms with Crippen molar-refractivity contribution in [2.75, 3.05) is 0 Å². The van der Waals surface area contributed by atoms with E-state index in [9.17, 15) is 0 Å². The second-order valence-corrected chi connectivity index (χ2v) is 4.51. The summed E-state index contributed by atoms with van der Waals surface area (Å²) in [4.78, 5) is 0. The Morgan fingerprint density at radius 2 is 1.93 bits per heavy atom. The van der Waals surface area contributed by atoms with Gasteiger partial charge in [0, 0.05) is 16.3 Å². The summed E-state index contributed by atoms with van der Waals surface area (Å²) < 4.78 is 3.17. The molecule has 15 heavy (non-hydrogen) atoms. The second kappa shape index (κ2) is 4.49. The molecule has 2 rings (SSSR count). The maximum absolute atomic E-state index is 8.86. The fourth-order valence-corrected chi connectivity index (χ4v) is 1.80. The lowest BCUT2D eigenvalue weighted by Crippen LogP contribution is -2.00. The molecule has 1 heterocycles. The monoisotopic (exact) mass is 308 g/mol. The molecule has 0 aliphatic rings. The lowest BCUT2D eigenvalue weighted by molar-refractivity contribution is 0.793. The Kier molecular flexibility index (Phi) is 3.07. The molecule has 0 saturated carbocycles. The number of rotatable bonds is 2. The Morgan fingerprint density at radius 3 is 2.60 bits per heavy atom. The van der Waals surface area contributed by atoms with Gasteiger partial charge in [-0.2, -0.15) is 5.26 Å². The predicted molar refractivity (Wildman–Crippen MR) is 67.4 cm³/mol. The average molecular weight is 308 g/mol. The maximum Gasteiger partial charge on any atom is 0.120 e. The molecule has 0 unspecified atom stereocenters. The highest BCUT2D eigenvalue weighted by Gasteiger charge is 1.99. The van der Waals surface area contributed by atoms with E-state index in [-0.39, 0.29) is 0 Å². The number of nitriles is 1. The van der Waals surface area contributed by atoms with Gasteiger partial charge in [0.15, 0.2) is 0 Å². The van der Waals surface area contributed by atoms with E-state index >= 15 is 0 Å². The van der Waals surface area contributed by atoms with E-state index in [1.165, 1.54) is 9.13 Å². The summed E-state index contributed by atoms with van der Waals surface area (Å²) in [5, 5.41) is 8.86. The molecule has 74 valence electrons. The molecule has 0 fully saturated rings. The first-order valence-corrected chi connectivity index (χ1v) is 5.67. The van der Waals surface area contributed by atoms with Crippen molar-refractivity contribution in [1.29, 1.82) is 5.26 Å². The number of benzene rings is 1. The predicted octanol–water partition coefficient (Wildman–Crippen LogP) is 3.01. The minimum atomic E-state index is 0.702. The van der Waals surface area contributed by atoms with Gasteiger partial charge < -0.3 is 4.57 Å². The molecular weight excluding hydrogens is 299 g/mol. The smallest absolute Gasteiger partial charge is 0.120 e. The SMILES string of the molecule is N#Cc1cccn1Cc1ccc(I)cc1. The third-order valence-electron chi connectivity index (χ3n) is 2.21. The Hall–Kier alpha value is -1.28. The summed E-state index contributed by atoms with van der Waals surface area (Å²) in [6.45, 7) is 0.757. The highest BCUT2D eigenvalue weighted by molar-refractivity contribution is 14.1. The third kappa shape index (κ3) is 2.39. The number of hydrogen-bond donors (Lipinski definition) is 0. The average Bonchev–Trinajstić information content (AvgIpc) is 2.69. The van der Waals surface area contributed by atoms with Gasteiger partial charge in [-0.25, -0.2) is 0 Å². The van der Waals surface area contributed by atoms with Gasteiger partial charge in [0.1, 0.15) is 11.8 Å². The Morgan fingerprint density at radius 1 is 1.20 bits per heavy atom. The molecule has 0 atom stereocenters. The second-order valence-electron chi connectivity index (χ2n) is 3.26. The molecule has 3 heteroatoms. The van der Waals surface area contributed by atoms with Crippen LogP contribution in [0.3, 0.4) is 0 Å². The fourth-order valence-electron chi connectivity index (χ4n) is 1.44. The van der Waals surface area contributed by atoms with Crippen molar-refractivity contribution in [3.63, 3.8) is 0 Å². The van der Waals surface area contributed by atoms with Crippen LogP contribution < -0.4 is 0 Å². The van der Waals surface area contributed by atoms with E-state index < -0.39 is 0 Å². The highest BCUT2D eigenvalue weighted by atomic mass is 127.